The summed E-state index contributed by atoms with van der Waals surface area (Å²) in [6.07, 6.45) is 0. The van der Waals surface area contributed by atoms with E-state index in [2.05, 4.69) is 4.98 Å². The van der Waals surface area contributed by atoms with Crippen LogP contribution in [-0.2, 0) is 0 Å². The molecular formula is C15H10Cl2FIN2. The molecule has 108 valence electrons. The molecular weight excluding hydrogens is 425 g/mol. The lowest BCUT2D eigenvalue weighted by Crippen LogP contribution is -2.02. The third kappa shape index (κ3) is 2.76. The molecule has 0 spiro atoms. The molecule has 0 saturated carbocycles. The molecule has 1 heterocycles. The normalized spacial score (nSPS) is 12.8. The molecule has 0 fully saturated rings. The SMILES string of the molecule is CC(Cl)c1nc2cc(I)c(F)cc2n1-c1cccc(Cl)c1. The fourth-order valence-corrected chi connectivity index (χ4v) is 3.03. The second kappa shape index (κ2) is 5.74. The van der Waals surface area contributed by atoms with Gasteiger partial charge in [0.1, 0.15) is 11.6 Å². The molecule has 1 aromatic heterocycles. The lowest BCUT2D eigenvalue weighted by atomic mass is 10.2. The molecule has 0 aliphatic rings. The highest BCUT2D eigenvalue weighted by atomic mass is 127. The Kier molecular flexibility index (Phi) is 4.12. The molecule has 0 aliphatic heterocycles. The van der Waals surface area contributed by atoms with Crippen LogP contribution in [0.25, 0.3) is 16.7 Å². The Hall–Kier alpha value is -0.850. The van der Waals surface area contributed by atoms with Crippen LogP contribution in [0.2, 0.25) is 5.02 Å². The van der Waals surface area contributed by atoms with Crippen LogP contribution < -0.4 is 0 Å². The number of nitrogens with zero attached hydrogens (tertiary/aromatic N) is 2. The molecule has 1 unspecified atom stereocenters. The lowest BCUT2D eigenvalue weighted by Gasteiger charge is -2.11. The number of fused-ring (bicyclic) bond motifs is 1. The van der Waals surface area contributed by atoms with E-state index in [9.17, 15) is 4.39 Å². The zero-order valence-electron chi connectivity index (χ0n) is 10.9. The summed E-state index contributed by atoms with van der Waals surface area (Å²) in [6, 6.07) is 10.5. The van der Waals surface area contributed by atoms with Crippen molar-refractivity contribution in [2.24, 2.45) is 0 Å². The van der Waals surface area contributed by atoms with Gasteiger partial charge in [-0.05, 0) is 53.8 Å². The maximum atomic E-state index is 13.9. The quantitative estimate of drug-likeness (QED) is 0.372. The van der Waals surface area contributed by atoms with Crippen molar-refractivity contribution < 1.29 is 4.39 Å². The third-order valence-corrected chi connectivity index (χ3v) is 4.40. The van der Waals surface area contributed by atoms with Gasteiger partial charge >= 0.3 is 0 Å². The van der Waals surface area contributed by atoms with E-state index in [0.717, 1.165) is 5.69 Å². The van der Waals surface area contributed by atoms with Crippen LogP contribution in [0.4, 0.5) is 4.39 Å². The Bertz CT molecular complexity index is 830. The highest BCUT2D eigenvalue weighted by Gasteiger charge is 2.18. The average molecular weight is 435 g/mol. The number of halogens is 4. The van der Waals surface area contributed by atoms with E-state index in [1.165, 1.54) is 6.07 Å². The maximum Gasteiger partial charge on any atom is 0.138 e. The van der Waals surface area contributed by atoms with Crippen molar-refractivity contribution in [1.29, 1.82) is 0 Å². The minimum atomic E-state index is -0.308. The first-order chi connectivity index (χ1) is 9.97. The number of alkyl halides is 1. The molecule has 2 nitrogen and oxygen atoms in total. The highest BCUT2D eigenvalue weighted by molar-refractivity contribution is 14.1. The average Bonchev–Trinajstić information content (AvgIpc) is 2.78. The molecule has 21 heavy (non-hydrogen) atoms. The van der Waals surface area contributed by atoms with E-state index in [-0.39, 0.29) is 11.2 Å². The predicted octanol–water partition coefficient (Wildman–Crippen LogP) is 5.72. The first kappa shape index (κ1) is 15.1. The Morgan fingerprint density at radius 2 is 2.05 bits per heavy atom. The van der Waals surface area contributed by atoms with Gasteiger partial charge < -0.3 is 0 Å². The van der Waals surface area contributed by atoms with E-state index in [1.54, 1.807) is 18.2 Å². The van der Waals surface area contributed by atoms with Gasteiger partial charge in [0.05, 0.1) is 20.0 Å². The monoisotopic (exact) mass is 434 g/mol. The van der Waals surface area contributed by atoms with Gasteiger partial charge in [-0.25, -0.2) is 9.37 Å². The number of hydrogen-bond donors (Lipinski definition) is 0. The Balaban J connectivity index is 2.38. The van der Waals surface area contributed by atoms with E-state index in [4.69, 9.17) is 23.2 Å². The summed E-state index contributed by atoms with van der Waals surface area (Å²) in [5.74, 6) is 0.385. The molecule has 0 amide bonds. The third-order valence-electron chi connectivity index (χ3n) is 3.14. The van der Waals surface area contributed by atoms with Gasteiger partial charge in [-0.1, -0.05) is 17.7 Å². The minimum absolute atomic E-state index is 0.278. The number of hydrogen-bond acceptors (Lipinski definition) is 1. The summed E-state index contributed by atoms with van der Waals surface area (Å²) in [5, 5.41) is 0.297. The van der Waals surface area contributed by atoms with E-state index in [1.807, 2.05) is 46.2 Å². The van der Waals surface area contributed by atoms with Gasteiger partial charge in [0, 0.05) is 16.8 Å². The summed E-state index contributed by atoms with van der Waals surface area (Å²) in [7, 11) is 0. The Morgan fingerprint density at radius 1 is 1.29 bits per heavy atom. The van der Waals surface area contributed by atoms with Crippen LogP contribution in [0.15, 0.2) is 36.4 Å². The van der Waals surface area contributed by atoms with Crippen LogP contribution in [-0.4, -0.2) is 9.55 Å². The summed E-state index contributed by atoms with van der Waals surface area (Å²) in [6.45, 7) is 1.84. The molecule has 0 bridgehead atoms. The maximum absolute atomic E-state index is 13.9. The zero-order chi connectivity index (χ0) is 15.1. The van der Waals surface area contributed by atoms with Crippen molar-refractivity contribution >= 4 is 56.8 Å². The second-order valence-electron chi connectivity index (χ2n) is 4.66. The largest absolute Gasteiger partial charge is 0.295 e. The Labute approximate surface area is 145 Å². The zero-order valence-corrected chi connectivity index (χ0v) is 14.6. The number of aromatic nitrogens is 2. The molecule has 1 atom stereocenters. The first-order valence-corrected chi connectivity index (χ1v) is 8.14. The topological polar surface area (TPSA) is 17.8 Å². The van der Waals surface area contributed by atoms with Crippen LogP contribution in [0.3, 0.4) is 0 Å². The van der Waals surface area contributed by atoms with Crippen molar-refractivity contribution in [2.75, 3.05) is 0 Å². The van der Waals surface area contributed by atoms with Crippen molar-refractivity contribution in [2.45, 2.75) is 12.3 Å². The number of imidazole rings is 1. The van der Waals surface area contributed by atoms with Gasteiger partial charge in [0.15, 0.2) is 0 Å². The Morgan fingerprint density at radius 3 is 2.71 bits per heavy atom. The minimum Gasteiger partial charge on any atom is -0.295 e. The number of rotatable bonds is 2. The summed E-state index contributed by atoms with van der Waals surface area (Å²) >= 11 is 14.2. The van der Waals surface area contributed by atoms with Gasteiger partial charge in [-0.15, -0.1) is 11.6 Å². The van der Waals surface area contributed by atoms with Crippen molar-refractivity contribution in [3.8, 4) is 5.69 Å². The molecule has 3 aromatic rings. The smallest absolute Gasteiger partial charge is 0.138 e. The molecule has 0 N–H and O–H groups in total. The van der Waals surface area contributed by atoms with E-state index < -0.39 is 0 Å². The second-order valence-corrected chi connectivity index (χ2v) is 6.91. The van der Waals surface area contributed by atoms with Crippen LogP contribution in [0, 0.1) is 9.39 Å². The first-order valence-electron chi connectivity index (χ1n) is 6.25. The molecule has 2 aromatic carbocycles. The van der Waals surface area contributed by atoms with Crippen molar-refractivity contribution in [3.05, 3.63) is 56.6 Å². The molecule has 0 aliphatic carbocycles. The van der Waals surface area contributed by atoms with Crippen molar-refractivity contribution in [1.82, 2.24) is 9.55 Å². The molecule has 0 saturated heterocycles. The molecule has 6 heteroatoms. The number of benzene rings is 2. The lowest BCUT2D eigenvalue weighted by molar-refractivity contribution is 0.621. The van der Waals surface area contributed by atoms with E-state index >= 15 is 0 Å². The standard InChI is InChI=1S/C15H10Cl2FIN2/c1-8(16)15-20-13-7-12(19)11(18)6-14(13)21(15)10-4-2-3-9(17)5-10/h2-8H,1H3. The summed E-state index contributed by atoms with van der Waals surface area (Å²) in [5.41, 5.74) is 2.20. The highest BCUT2D eigenvalue weighted by Crippen LogP contribution is 2.30. The van der Waals surface area contributed by atoms with E-state index in [0.29, 0.717) is 25.5 Å². The van der Waals surface area contributed by atoms with Gasteiger partial charge in [0.25, 0.3) is 0 Å². The fraction of sp³-hybridized carbons (Fsp3) is 0.133. The fourth-order valence-electron chi connectivity index (χ4n) is 2.24. The predicted molar refractivity (Wildman–Crippen MR) is 93.0 cm³/mol. The summed E-state index contributed by atoms with van der Waals surface area (Å²) < 4.78 is 16.3. The van der Waals surface area contributed by atoms with Crippen molar-refractivity contribution in [3.63, 3.8) is 0 Å². The van der Waals surface area contributed by atoms with Gasteiger partial charge in [-0.3, -0.25) is 4.57 Å². The van der Waals surface area contributed by atoms with Crippen LogP contribution >= 0.6 is 45.8 Å². The van der Waals surface area contributed by atoms with Gasteiger partial charge in [0.2, 0.25) is 0 Å². The molecule has 3 rings (SSSR count). The summed E-state index contributed by atoms with van der Waals surface area (Å²) in [4.78, 5) is 4.54. The molecule has 0 radical (unpaired) electrons. The van der Waals surface area contributed by atoms with Crippen LogP contribution in [0.5, 0.6) is 0 Å². The van der Waals surface area contributed by atoms with Gasteiger partial charge in [-0.2, -0.15) is 0 Å². The van der Waals surface area contributed by atoms with Crippen LogP contribution in [0.1, 0.15) is 18.1 Å².